The van der Waals surface area contributed by atoms with Gasteiger partial charge in [-0.25, -0.2) is 8.42 Å². The molecule has 5 nitrogen and oxygen atoms in total. The van der Waals surface area contributed by atoms with E-state index in [0.29, 0.717) is 32.1 Å². The van der Waals surface area contributed by atoms with Crippen molar-refractivity contribution in [2.24, 2.45) is 0 Å². The molecule has 0 saturated carbocycles. The molecule has 2 heterocycles. The molecule has 0 aliphatic heterocycles. The maximum absolute atomic E-state index is 13.2. The lowest BCUT2D eigenvalue weighted by atomic mass is 10.3. The first-order valence-electron chi connectivity index (χ1n) is 8.36. The predicted molar refractivity (Wildman–Crippen MR) is 109 cm³/mol. The van der Waals surface area contributed by atoms with Crippen molar-refractivity contribution in [2.75, 3.05) is 20.3 Å². The lowest BCUT2D eigenvalue weighted by molar-refractivity contribution is 0.146. The van der Waals surface area contributed by atoms with E-state index < -0.39 is 10.0 Å². The topological polar surface area (TPSA) is 55.8 Å². The normalized spacial score (nSPS) is 11.8. The van der Waals surface area contributed by atoms with Crippen LogP contribution in [0.4, 0.5) is 0 Å². The Bertz CT molecular complexity index is 868. The fourth-order valence-electron chi connectivity index (χ4n) is 2.48. The van der Waals surface area contributed by atoms with E-state index in [1.165, 1.54) is 4.31 Å². The summed E-state index contributed by atoms with van der Waals surface area (Å²) in [5.74, 6) is 0.620. The molecule has 0 atom stereocenters. The monoisotopic (exact) mass is 423 g/mol. The van der Waals surface area contributed by atoms with E-state index >= 15 is 0 Å². The molecule has 0 spiro atoms. The second kappa shape index (κ2) is 9.48. The molecule has 0 saturated heterocycles. The number of nitrogens with zero attached hydrogens (tertiary/aromatic N) is 1. The molecule has 3 rings (SSSR count). The highest BCUT2D eigenvalue weighted by molar-refractivity contribution is 7.89. The minimum atomic E-state index is -3.63. The number of rotatable bonds is 10. The average molecular weight is 424 g/mol. The van der Waals surface area contributed by atoms with Gasteiger partial charge in [0.15, 0.2) is 0 Å². The molecule has 0 radical (unpaired) electrons. The van der Waals surface area contributed by atoms with Crippen LogP contribution in [0.5, 0.6) is 5.75 Å². The van der Waals surface area contributed by atoms with Gasteiger partial charge in [-0.1, -0.05) is 12.1 Å². The van der Waals surface area contributed by atoms with Crippen molar-refractivity contribution in [3.63, 3.8) is 0 Å². The van der Waals surface area contributed by atoms with Crippen molar-refractivity contribution in [3.8, 4) is 5.75 Å². The molecular weight excluding hydrogens is 402 g/mol. The highest BCUT2D eigenvalue weighted by Crippen LogP contribution is 2.25. The standard InChI is InChI=1S/C19H21NO4S3/c1-23-10-11-24-16-6-8-19(9-7-16)27(21,22)20(14-17-4-2-12-25-17)15-18-5-3-13-26-18/h2-9,12-13H,10-11,14-15H2,1H3. The fourth-order valence-corrected chi connectivity index (χ4v) is 5.48. The van der Waals surface area contributed by atoms with Gasteiger partial charge >= 0.3 is 0 Å². The number of hydrogen-bond acceptors (Lipinski definition) is 6. The van der Waals surface area contributed by atoms with E-state index in [4.69, 9.17) is 9.47 Å². The first kappa shape index (κ1) is 20.0. The summed E-state index contributed by atoms with van der Waals surface area (Å²) in [4.78, 5) is 2.28. The van der Waals surface area contributed by atoms with Gasteiger partial charge < -0.3 is 9.47 Å². The van der Waals surface area contributed by atoms with Crippen molar-refractivity contribution in [1.29, 1.82) is 0 Å². The minimum Gasteiger partial charge on any atom is -0.491 e. The summed E-state index contributed by atoms with van der Waals surface area (Å²) in [6.45, 7) is 1.61. The third-order valence-electron chi connectivity index (χ3n) is 3.84. The molecule has 1 aromatic carbocycles. The summed E-state index contributed by atoms with van der Waals surface area (Å²) in [7, 11) is -2.02. The molecule has 3 aromatic rings. The molecule has 144 valence electrons. The molecule has 0 bridgehead atoms. The zero-order chi connectivity index (χ0) is 19.1. The van der Waals surface area contributed by atoms with Gasteiger partial charge in [0.05, 0.1) is 11.5 Å². The van der Waals surface area contributed by atoms with Crippen molar-refractivity contribution in [2.45, 2.75) is 18.0 Å². The van der Waals surface area contributed by atoms with E-state index in [-0.39, 0.29) is 4.90 Å². The van der Waals surface area contributed by atoms with Crippen LogP contribution in [0.1, 0.15) is 9.75 Å². The van der Waals surface area contributed by atoms with Gasteiger partial charge in [0.1, 0.15) is 12.4 Å². The van der Waals surface area contributed by atoms with Crippen LogP contribution in [0.15, 0.2) is 64.2 Å². The molecule has 0 aliphatic carbocycles. The quantitative estimate of drug-likeness (QED) is 0.458. The third kappa shape index (κ3) is 5.40. The molecule has 0 N–H and O–H groups in total. The predicted octanol–water partition coefficient (Wildman–Crippen LogP) is 4.23. The maximum Gasteiger partial charge on any atom is 0.243 e. The molecule has 0 unspecified atom stereocenters. The van der Waals surface area contributed by atoms with Crippen LogP contribution in [-0.2, 0) is 27.8 Å². The average Bonchev–Trinajstić information content (AvgIpc) is 3.36. The van der Waals surface area contributed by atoms with E-state index in [1.54, 1.807) is 54.0 Å². The Morgan fingerprint density at radius 3 is 1.96 bits per heavy atom. The summed E-state index contributed by atoms with van der Waals surface area (Å²) < 4.78 is 38.4. The lowest BCUT2D eigenvalue weighted by Crippen LogP contribution is -2.29. The van der Waals surface area contributed by atoms with Crippen LogP contribution in [0.2, 0.25) is 0 Å². The zero-order valence-corrected chi connectivity index (χ0v) is 17.4. The molecule has 2 aromatic heterocycles. The Hall–Kier alpha value is -1.71. The van der Waals surface area contributed by atoms with Crippen LogP contribution in [0.25, 0.3) is 0 Å². The summed E-state index contributed by atoms with van der Waals surface area (Å²) in [5.41, 5.74) is 0. The van der Waals surface area contributed by atoms with Crippen LogP contribution in [0.3, 0.4) is 0 Å². The number of benzene rings is 1. The highest BCUT2D eigenvalue weighted by atomic mass is 32.2. The van der Waals surface area contributed by atoms with E-state index in [2.05, 4.69) is 0 Å². The number of ether oxygens (including phenoxy) is 2. The second-order valence-electron chi connectivity index (χ2n) is 5.74. The van der Waals surface area contributed by atoms with Gasteiger partial charge in [0.25, 0.3) is 0 Å². The van der Waals surface area contributed by atoms with Gasteiger partial charge in [-0.05, 0) is 47.2 Å². The van der Waals surface area contributed by atoms with Crippen molar-refractivity contribution in [1.82, 2.24) is 4.31 Å². The third-order valence-corrected chi connectivity index (χ3v) is 7.37. The molecule has 0 amide bonds. The minimum absolute atomic E-state index is 0.259. The van der Waals surface area contributed by atoms with E-state index in [0.717, 1.165) is 9.75 Å². The first-order chi connectivity index (χ1) is 13.1. The van der Waals surface area contributed by atoms with Gasteiger partial charge in [-0.15, -0.1) is 22.7 Å². The summed E-state index contributed by atoms with van der Waals surface area (Å²) >= 11 is 3.11. The SMILES string of the molecule is COCCOc1ccc(S(=O)(=O)N(Cc2cccs2)Cc2cccs2)cc1. The molecule has 27 heavy (non-hydrogen) atoms. The van der Waals surface area contributed by atoms with Gasteiger partial charge in [0.2, 0.25) is 10.0 Å². The summed E-state index contributed by atoms with van der Waals surface area (Å²) in [6.07, 6.45) is 0. The number of thiophene rings is 2. The zero-order valence-electron chi connectivity index (χ0n) is 14.9. The Morgan fingerprint density at radius 1 is 0.889 bits per heavy atom. The molecule has 0 fully saturated rings. The Morgan fingerprint density at radius 2 is 1.48 bits per heavy atom. The Labute approximate surface area is 167 Å². The lowest BCUT2D eigenvalue weighted by Gasteiger charge is -2.21. The van der Waals surface area contributed by atoms with Crippen LogP contribution in [0, 0.1) is 0 Å². The molecular formula is C19H21NO4S3. The summed E-state index contributed by atoms with van der Waals surface area (Å²) in [5, 5.41) is 3.91. The number of hydrogen-bond donors (Lipinski definition) is 0. The highest BCUT2D eigenvalue weighted by Gasteiger charge is 2.25. The Kier molecular flexibility index (Phi) is 7.03. The van der Waals surface area contributed by atoms with Gasteiger partial charge in [-0.2, -0.15) is 4.31 Å². The summed E-state index contributed by atoms with van der Waals surface area (Å²) in [6, 6.07) is 14.3. The van der Waals surface area contributed by atoms with Crippen molar-refractivity contribution in [3.05, 3.63) is 69.0 Å². The van der Waals surface area contributed by atoms with Crippen molar-refractivity contribution >= 4 is 32.7 Å². The van der Waals surface area contributed by atoms with Crippen LogP contribution < -0.4 is 4.74 Å². The Balaban J connectivity index is 1.80. The number of sulfonamides is 1. The number of methoxy groups -OCH3 is 1. The van der Waals surface area contributed by atoms with Gasteiger partial charge in [0, 0.05) is 30.0 Å². The van der Waals surface area contributed by atoms with Gasteiger partial charge in [-0.3, -0.25) is 0 Å². The van der Waals surface area contributed by atoms with E-state index in [9.17, 15) is 8.42 Å². The molecule has 0 aliphatic rings. The fraction of sp³-hybridized carbons (Fsp3) is 0.263. The first-order valence-corrected chi connectivity index (χ1v) is 11.6. The van der Waals surface area contributed by atoms with Crippen LogP contribution >= 0.6 is 22.7 Å². The van der Waals surface area contributed by atoms with Crippen molar-refractivity contribution < 1.29 is 17.9 Å². The maximum atomic E-state index is 13.2. The van der Waals surface area contributed by atoms with Crippen LogP contribution in [-0.4, -0.2) is 33.0 Å². The smallest absolute Gasteiger partial charge is 0.243 e. The largest absolute Gasteiger partial charge is 0.491 e. The van der Waals surface area contributed by atoms with E-state index in [1.807, 2.05) is 35.0 Å². The molecule has 8 heteroatoms. The second-order valence-corrected chi connectivity index (χ2v) is 9.75.